The number of benzene rings is 1. The molecule has 0 amide bonds. The summed E-state index contributed by atoms with van der Waals surface area (Å²) in [6.07, 6.45) is 1.53. The molecule has 0 radical (unpaired) electrons. The maximum atomic E-state index is 12.0. The second-order valence-corrected chi connectivity index (χ2v) is 4.87. The van der Waals surface area contributed by atoms with Crippen LogP contribution in [-0.4, -0.2) is 24.9 Å². The van der Waals surface area contributed by atoms with Crippen molar-refractivity contribution in [3.63, 3.8) is 0 Å². The van der Waals surface area contributed by atoms with E-state index in [2.05, 4.69) is 20.3 Å². The SMILES string of the molecule is Cc1nc(-c2cnn3c2n[n+]([O-])c2ccc(Cl)cc23)no1. The average molecular weight is 303 g/mol. The predicted octanol–water partition coefficient (Wildman–Crippen LogP) is 1.53. The zero-order valence-electron chi connectivity index (χ0n) is 10.7. The summed E-state index contributed by atoms with van der Waals surface area (Å²) in [5.41, 5.74) is 1.76. The van der Waals surface area contributed by atoms with Crippen molar-refractivity contribution in [2.75, 3.05) is 0 Å². The third-order valence-corrected chi connectivity index (χ3v) is 3.30. The van der Waals surface area contributed by atoms with Crippen LogP contribution in [-0.2, 0) is 0 Å². The number of fused-ring (bicyclic) bond motifs is 3. The van der Waals surface area contributed by atoms with E-state index in [0.29, 0.717) is 43.8 Å². The van der Waals surface area contributed by atoms with Crippen molar-refractivity contribution >= 4 is 28.3 Å². The molecule has 0 aliphatic rings. The Morgan fingerprint density at radius 3 is 3.00 bits per heavy atom. The molecule has 0 aliphatic heterocycles. The third kappa shape index (κ3) is 1.73. The van der Waals surface area contributed by atoms with E-state index in [0.717, 1.165) is 0 Å². The number of hydrogen-bond acceptors (Lipinski definition) is 6. The lowest BCUT2D eigenvalue weighted by Crippen LogP contribution is -2.33. The van der Waals surface area contributed by atoms with Gasteiger partial charge in [-0.05, 0) is 17.0 Å². The summed E-state index contributed by atoms with van der Waals surface area (Å²) in [5, 5.41) is 24.6. The second-order valence-electron chi connectivity index (χ2n) is 4.44. The van der Waals surface area contributed by atoms with Crippen LogP contribution in [0.4, 0.5) is 0 Å². The van der Waals surface area contributed by atoms with E-state index < -0.39 is 0 Å². The fourth-order valence-electron chi connectivity index (χ4n) is 2.15. The molecule has 0 unspecified atom stereocenters. The predicted molar refractivity (Wildman–Crippen MR) is 72.5 cm³/mol. The highest BCUT2D eigenvalue weighted by Crippen LogP contribution is 2.23. The molecule has 1 aromatic carbocycles. The van der Waals surface area contributed by atoms with Gasteiger partial charge in [0.15, 0.2) is 0 Å². The highest BCUT2D eigenvalue weighted by atomic mass is 35.5. The van der Waals surface area contributed by atoms with Crippen molar-refractivity contribution in [2.45, 2.75) is 6.92 Å². The van der Waals surface area contributed by atoms with Crippen LogP contribution in [0.5, 0.6) is 0 Å². The number of halogens is 1. The molecule has 0 fully saturated rings. The second kappa shape index (κ2) is 4.13. The minimum atomic E-state index is 0.330. The Labute approximate surface area is 122 Å². The topological polar surface area (TPSA) is 96.0 Å². The lowest BCUT2D eigenvalue weighted by molar-refractivity contribution is -0.640. The first-order valence-electron chi connectivity index (χ1n) is 6.01. The van der Waals surface area contributed by atoms with Crippen molar-refractivity contribution in [1.82, 2.24) is 24.9 Å². The van der Waals surface area contributed by atoms with E-state index in [-0.39, 0.29) is 0 Å². The van der Waals surface area contributed by atoms with Gasteiger partial charge in [0, 0.05) is 23.1 Å². The Hall–Kier alpha value is -2.74. The quantitative estimate of drug-likeness (QED) is 0.391. The van der Waals surface area contributed by atoms with Crippen LogP contribution in [0.15, 0.2) is 28.9 Å². The van der Waals surface area contributed by atoms with E-state index in [1.807, 2.05) is 0 Å². The number of aromatic nitrogens is 6. The number of rotatable bonds is 1. The molecular weight excluding hydrogens is 296 g/mol. The van der Waals surface area contributed by atoms with Crippen LogP contribution in [0, 0.1) is 12.1 Å². The lowest BCUT2D eigenvalue weighted by Gasteiger charge is -2.02. The van der Waals surface area contributed by atoms with E-state index in [1.165, 1.54) is 10.7 Å². The summed E-state index contributed by atoms with van der Waals surface area (Å²) in [7, 11) is 0. The third-order valence-electron chi connectivity index (χ3n) is 3.07. The molecule has 4 rings (SSSR count). The molecule has 0 N–H and O–H groups in total. The molecule has 0 saturated heterocycles. The molecule has 0 saturated carbocycles. The minimum Gasteiger partial charge on any atom is -0.594 e. The molecule has 3 aromatic heterocycles. The van der Waals surface area contributed by atoms with Crippen LogP contribution < -0.4 is 4.85 Å². The van der Waals surface area contributed by atoms with Crippen molar-refractivity contribution < 1.29 is 9.37 Å². The first kappa shape index (κ1) is 12.0. The zero-order chi connectivity index (χ0) is 14.6. The van der Waals surface area contributed by atoms with Gasteiger partial charge in [-0.1, -0.05) is 16.8 Å². The summed E-state index contributed by atoms with van der Waals surface area (Å²) in [6, 6.07) is 4.87. The molecule has 104 valence electrons. The fourth-order valence-corrected chi connectivity index (χ4v) is 2.32. The summed E-state index contributed by atoms with van der Waals surface area (Å²) in [4.78, 5) is 4.65. The molecule has 0 atom stereocenters. The molecular formula is C12H7ClN6O2. The minimum absolute atomic E-state index is 0.330. The van der Waals surface area contributed by atoms with Gasteiger partial charge >= 0.3 is 0 Å². The molecule has 3 heterocycles. The van der Waals surface area contributed by atoms with Crippen LogP contribution in [0.2, 0.25) is 5.02 Å². The summed E-state index contributed by atoms with van der Waals surface area (Å²) in [6.45, 7) is 1.68. The Bertz CT molecular complexity index is 992. The van der Waals surface area contributed by atoms with Gasteiger partial charge in [0.25, 0.3) is 5.52 Å². The smallest absolute Gasteiger partial charge is 0.270 e. The maximum absolute atomic E-state index is 12.0. The molecule has 0 bridgehead atoms. The largest absolute Gasteiger partial charge is 0.594 e. The standard InChI is InChI=1S/C12H7ClN6O2/c1-6-15-11(17-21-6)8-5-14-18-10-4-7(13)2-3-9(10)19(20)16-12(8)18/h2-5H,1H3. The summed E-state index contributed by atoms with van der Waals surface area (Å²) < 4.78 is 6.47. The Balaban J connectivity index is 2.11. The van der Waals surface area contributed by atoms with E-state index in [9.17, 15) is 5.21 Å². The maximum Gasteiger partial charge on any atom is 0.270 e. The Kier molecular flexibility index (Phi) is 2.36. The van der Waals surface area contributed by atoms with Crippen LogP contribution in [0.25, 0.3) is 28.1 Å². The number of nitrogens with zero attached hydrogens (tertiary/aromatic N) is 6. The zero-order valence-corrected chi connectivity index (χ0v) is 11.4. The van der Waals surface area contributed by atoms with E-state index in [4.69, 9.17) is 16.1 Å². The van der Waals surface area contributed by atoms with Gasteiger partial charge in [-0.3, -0.25) is 0 Å². The van der Waals surface area contributed by atoms with Crippen molar-refractivity contribution in [2.24, 2.45) is 0 Å². The number of aryl methyl sites for hydroxylation is 1. The van der Waals surface area contributed by atoms with Crippen LogP contribution >= 0.6 is 11.6 Å². The highest BCUT2D eigenvalue weighted by molar-refractivity contribution is 6.31. The van der Waals surface area contributed by atoms with Crippen molar-refractivity contribution in [3.8, 4) is 11.4 Å². The van der Waals surface area contributed by atoms with Gasteiger partial charge in [0.2, 0.25) is 17.4 Å². The molecule has 4 aromatic rings. The fraction of sp³-hybridized carbons (Fsp3) is 0.0833. The van der Waals surface area contributed by atoms with Gasteiger partial charge in [-0.25, -0.2) is 4.52 Å². The first-order valence-corrected chi connectivity index (χ1v) is 6.39. The number of hydrogen-bond donors (Lipinski definition) is 0. The van der Waals surface area contributed by atoms with Crippen LogP contribution in [0.3, 0.4) is 0 Å². The monoisotopic (exact) mass is 302 g/mol. The summed E-state index contributed by atoms with van der Waals surface area (Å²) in [5.74, 6) is 0.750. The van der Waals surface area contributed by atoms with Crippen LogP contribution in [0.1, 0.15) is 5.89 Å². The highest BCUT2D eigenvalue weighted by Gasteiger charge is 2.20. The van der Waals surface area contributed by atoms with E-state index in [1.54, 1.807) is 25.1 Å². The van der Waals surface area contributed by atoms with Crippen molar-refractivity contribution in [3.05, 3.63) is 40.5 Å². The Morgan fingerprint density at radius 1 is 1.38 bits per heavy atom. The van der Waals surface area contributed by atoms with Gasteiger partial charge in [-0.15, -0.1) is 0 Å². The molecule has 8 nitrogen and oxygen atoms in total. The van der Waals surface area contributed by atoms with Gasteiger partial charge in [0.05, 0.1) is 11.8 Å². The molecule has 0 spiro atoms. The first-order chi connectivity index (χ1) is 10.1. The molecule has 0 aliphatic carbocycles. The lowest BCUT2D eigenvalue weighted by atomic mass is 10.3. The van der Waals surface area contributed by atoms with Gasteiger partial charge < -0.3 is 9.73 Å². The summed E-state index contributed by atoms with van der Waals surface area (Å²) >= 11 is 5.99. The normalized spacial score (nSPS) is 11.5. The molecule has 9 heteroatoms. The average Bonchev–Trinajstić information content (AvgIpc) is 3.04. The van der Waals surface area contributed by atoms with Gasteiger partial charge in [0.1, 0.15) is 5.52 Å². The van der Waals surface area contributed by atoms with E-state index >= 15 is 0 Å². The van der Waals surface area contributed by atoms with Crippen molar-refractivity contribution in [1.29, 1.82) is 0 Å². The van der Waals surface area contributed by atoms with Gasteiger partial charge in [-0.2, -0.15) is 10.1 Å². The molecule has 21 heavy (non-hydrogen) atoms. The Morgan fingerprint density at radius 2 is 2.24 bits per heavy atom.